The van der Waals surface area contributed by atoms with Crippen LogP contribution < -0.4 is 5.32 Å². The lowest BCUT2D eigenvalue weighted by Crippen LogP contribution is -2.48. The second-order valence-electron chi connectivity index (χ2n) is 4.87. The number of halogens is 3. The van der Waals surface area contributed by atoms with Crippen molar-refractivity contribution < 1.29 is 32.6 Å². The molecule has 1 aromatic rings. The molecule has 1 rings (SSSR count). The fourth-order valence-corrected chi connectivity index (χ4v) is 2.61. The van der Waals surface area contributed by atoms with Gasteiger partial charge in [-0.2, -0.15) is 13.2 Å². The molecule has 23 heavy (non-hydrogen) atoms. The normalized spacial score (nSPS) is 15.6. The van der Waals surface area contributed by atoms with E-state index in [9.17, 15) is 27.9 Å². The quantitative estimate of drug-likeness (QED) is 0.759. The number of amides is 1. The Bertz CT molecular complexity index is 576. The predicted molar refractivity (Wildman–Crippen MR) is 75.7 cm³/mol. The summed E-state index contributed by atoms with van der Waals surface area (Å²) in [5, 5.41) is 12.8. The Balaban J connectivity index is 2.91. The number of thiazole rings is 1. The maximum atomic E-state index is 13.2. The number of aliphatic hydroxyl groups is 1. The summed E-state index contributed by atoms with van der Waals surface area (Å²) in [6.45, 7) is 4.37. The minimum absolute atomic E-state index is 0.0733. The molecule has 1 heterocycles. The van der Waals surface area contributed by atoms with E-state index < -0.39 is 41.1 Å². The summed E-state index contributed by atoms with van der Waals surface area (Å²) < 4.78 is 44.3. The van der Waals surface area contributed by atoms with Crippen molar-refractivity contribution >= 4 is 23.2 Å². The highest BCUT2D eigenvalue weighted by atomic mass is 32.1. The summed E-state index contributed by atoms with van der Waals surface area (Å²) in [5.41, 5.74) is -3.11. The van der Waals surface area contributed by atoms with Crippen LogP contribution in [0.3, 0.4) is 0 Å². The fourth-order valence-electron chi connectivity index (χ4n) is 1.69. The molecular formula is C13H17F3N2O4S. The number of alkyl halides is 3. The summed E-state index contributed by atoms with van der Waals surface area (Å²) >= 11 is 0.606. The lowest BCUT2D eigenvalue weighted by Gasteiger charge is -2.28. The van der Waals surface area contributed by atoms with Crippen LogP contribution in [0.5, 0.6) is 0 Å². The van der Waals surface area contributed by atoms with Gasteiger partial charge in [0.15, 0.2) is 0 Å². The van der Waals surface area contributed by atoms with Crippen molar-refractivity contribution in [1.29, 1.82) is 0 Å². The number of aryl methyl sites for hydroxylation is 1. The Morgan fingerprint density at radius 1 is 1.48 bits per heavy atom. The van der Waals surface area contributed by atoms with Crippen LogP contribution in [0.4, 0.5) is 13.2 Å². The van der Waals surface area contributed by atoms with E-state index in [0.717, 1.165) is 0 Å². The first-order valence-electron chi connectivity index (χ1n) is 6.69. The summed E-state index contributed by atoms with van der Waals surface area (Å²) in [6.07, 6.45) is -6.39. The van der Waals surface area contributed by atoms with Crippen LogP contribution >= 0.6 is 11.3 Å². The molecule has 2 atom stereocenters. The van der Waals surface area contributed by atoms with E-state index in [2.05, 4.69) is 15.0 Å². The van der Waals surface area contributed by atoms with Crippen molar-refractivity contribution in [3.8, 4) is 0 Å². The Morgan fingerprint density at radius 2 is 2.09 bits per heavy atom. The molecule has 1 amide bonds. The third-order valence-corrected chi connectivity index (χ3v) is 3.99. The average molecular weight is 354 g/mol. The SMILES string of the molecule is CCOC(=O)C(C)NC(=O)CC(O)(c1nc(C)cs1)C(F)(F)F. The number of nitrogens with one attached hydrogen (secondary N) is 1. The number of hydrogen-bond acceptors (Lipinski definition) is 6. The second-order valence-corrected chi connectivity index (χ2v) is 5.73. The van der Waals surface area contributed by atoms with E-state index in [1.165, 1.54) is 19.2 Å². The maximum absolute atomic E-state index is 13.2. The van der Waals surface area contributed by atoms with Crippen molar-refractivity contribution in [1.82, 2.24) is 10.3 Å². The van der Waals surface area contributed by atoms with E-state index in [0.29, 0.717) is 17.0 Å². The molecule has 0 spiro atoms. The number of rotatable bonds is 6. The van der Waals surface area contributed by atoms with Crippen LogP contribution in [0.25, 0.3) is 0 Å². The summed E-state index contributed by atoms with van der Waals surface area (Å²) in [5.74, 6) is -1.92. The van der Waals surface area contributed by atoms with Gasteiger partial charge in [-0.05, 0) is 20.8 Å². The molecular weight excluding hydrogens is 337 g/mol. The molecule has 0 radical (unpaired) electrons. The third kappa shape index (κ3) is 4.64. The van der Waals surface area contributed by atoms with Crippen LogP contribution in [0, 0.1) is 6.92 Å². The highest BCUT2D eigenvalue weighted by Gasteiger charge is 2.58. The van der Waals surface area contributed by atoms with Gasteiger partial charge in [0.25, 0.3) is 0 Å². The van der Waals surface area contributed by atoms with E-state index in [1.807, 2.05) is 0 Å². The highest BCUT2D eigenvalue weighted by Crippen LogP contribution is 2.42. The molecule has 130 valence electrons. The average Bonchev–Trinajstić information content (AvgIpc) is 2.84. The standard InChI is InChI=1S/C13H17F3N2O4S/c1-4-22-10(20)8(3)18-9(19)5-12(21,13(14,15)16)11-17-7(2)6-23-11/h6,8,21H,4-5H2,1-3H3,(H,18,19). The van der Waals surface area contributed by atoms with Gasteiger partial charge in [0, 0.05) is 11.1 Å². The van der Waals surface area contributed by atoms with Crippen LogP contribution in [-0.4, -0.2) is 40.8 Å². The number of hydrogen-bond donors (Lipinski definition) is 2. The largest absolute Gasteiger partial charge is 0.464 e. The minimum Gasteiger partial charge on any atom is -0.464 e. The van der Waals surface area contributed by atoms with Crippen molar-refractivity contribution in [2.24, 2.45) is 0 Å². The molecule has 0 aliphatic carbocycles. The Morgan fingerprint density at radius 3 is 2.52 bits per heavy atom. The van der Waals surface area contributed by atoms with Crippen molar-refractivity contribution in [3.63, 3.8) is 0 Å². The first-order valence-corrected chi connectivity index (χ1v) is 7.57. The molecule has 0 aliphatic heterocycles. The monoisotopic (exact) mass is 354 g/mol. The van der Waals surface area contributed by atoms with Gasteiger partial charge in [-0.15, -0.1) is 11.3 Å². The first-order chi connectivity index (χ1) is 10.5. The van der Waals surface area contributed by atoms with Crippen LogP contribution in [0.15, 0.2) is 5.38 Å². The van der Waals surface area contributed by atoms with Crippen molar-refractivity contribution in [2.75, 3.05) is 6.61 Å². The lowest BCUT2D eigenvalue weighted by atomic mass is 9.99. The topological polar surface area (TPSA) is 88.5 Å². The summed E-state index contributed by atoms with van der Waals surface area (Å²) in [4.78, 5) is 26.8. The van der Waals surface area contributed by atoms with Gasteiger partial charge in [0.05, 0.1) is 13.0 Å². The van der Waals surface area contributed by atoms with Crippen LogP contribution in [0.1, 0.15) is 31.0 Å². The number of aromatic nitrogens is 1. The fraction of sp³-hybridized carbons (Fsp3) is 0.615. The molecule has 0 aromatic carbocycles. The van der Waals surface area contributed by atoms with Gasteiger partial charge >= 0.3 is 12.1 Å². The van der Waals surface area contributed by atoms with Crippen molar-refractivity contribution in [3.05, 3.63) is 16.1 Å². The van der Waals surface area contributed by atoms with Gasteiger partial charge < -0.3 is 15.2 Å². The zero-order valence-electron chi connectivity index (χ0n) is 12.7. The summed E-state index contributed by atoms with van der Waals surface area (Å²) in [7, 11) is 0. The molecule has 10 heteroatoms. The molecule has 1 aromatic heterocycles. The van der Waals surface area contributed by atoms with Gasteiger partial charge in [-0.3, -0.25) is 4.79 Å². The maximum Gasteiger partial charge on any atom is 0.424 e. The van der Waals surface area contributed by atoms with Crippen molar-refractivity contribution in [2.45, 2.75) is 45.0 Å². The molecule has 0 bridgehead atoms. The van der Waals surface area contributed by atoms with E-state index in [-0.39, 0.29) is 6.61 Å². The van der Waals surface area contributed by atoms with E-state index in [1.54, 1.807) is 6.92 Å². The molecule has 0 aliphatic rings. The third-order valence-electron chi connectivity index (χ3n) is 2.88. The Hall–Kier alpha value is -1.68. The Kier molecular flexibility index (Phi) is 6.11. The number of carbonyl (C=O) groups excluding carboxylic acids is 2. The molecule has 2 unspecified atom stereocenters. The van der Waals surface area contributed by atoms with Gasteiger partial charge in [0.1, 0.15) is 11.0 Å². The highest BCUT2D eigenvalue weighted by molar-refractivity contribution is 7.09. The van der Waals surface area contributed by atoms with E-state index in [4.69, 9.17) is 0 Å². The minimum atomic E-state index is -5.10. The van der Waals surface area contributed by atoms with Crippen LogP contribution in [-0.2, 0) is 19.9 Å². The zero-order valence-corrected chi connectivity index (χ0v) is 13.5. The molecule has 0 saturated carbocycles. The van der Waals surface area contributed by atoms with Gasteiger partial charge in [-0.1, -0.05) is 0 Å². The summed E-state index contributed by atoms with van der Waals surface area (Å²) in [6, 6.07) is -1.13. The van der Waals surface area contributed by atoms with E-state index >= 15 is 0 Å². The predicted octanol–water partition coefficient (Wildman–Crippen LogP) is 1.66. The number of carbonyl (C=O) groups is 2. The smallest absolute Gasteiger partial charge is 0.424 e. The molecule has 0 saturated heterocycles. The molecule has 0 fully saturated rings. The second kappa shape index (κ2) is 7.26. The Labute approximate surface area is 134 Å². The zero-order chi connectivity index (χ0) is 17.8. The molecule has 2 N–H and O–H groups in total. The van der Waals surface area contributed by atoms with Gasteiger partial charge in [0.2, 0.25) is 11.5 Å². The molecule has 6 nitrogen and oxygen atoms in total. The number of ether oxygens (including phenoxy) is 1. The number of esters is 1. The van der Waals surface area contributed by atoms with Gasteiger partial charge in [-0.25, -0.2) is 9.78 Å². The first kappa shape index (κ1) is 19.4. The lowest BCUT2D eigenvalue weighted by molar-refractivity contribution is -0.267. The van der Waals surface area contributed by atoms with Crippen LogP contribution in [0.2, 0.25) is 0 Å². The number of nitrogens with zero attached hydrogens (tertiary/aromatic N) is 1.